The first kappa shape index (κ1) is 13.1. The molecule has 0 saturated heterocycles. The molecular weight excluding hydrogens is 253 g/mol. The number of ether oxygens (including phenoxy) is 1. The van der Waals surface area contributed by atoms with Gasteiger partial charge in [0.1, 0.15) is 17.7 Å². The van der Waals surface area contributed by atoms with E-state index >= 15 is 0 Å². The van der Waals surface area contributed by atoms with E-state index in [1.807, 2.05) is 26.1 Å². The summed E-state index contributed by atoms with van der Waals surface area (Å²) in [5.41, 5.74) is 3.77. The lowest BCUT2D eigenvalue weighted by Gasteiger charge is -2.13. The van der Waals surface area contributed by atoms with Gasteiger partial charge in [0.15, 0.2) is 0 Å². The molecule has 3 rings (SSSR count). The second-order valence-electron chi connectivity index (χ2n) is 5.28. The van der Waals surface area contributed by atoms with Crippen LogP contribution in [-0.2, 0) is 6.42 Å². The molecule has 20 heavy (non-hydrogen) atoms. The highest BCUT2D eigenvalue weighted by Crippen LogP contribution is 2.40. The number of halogens is 1. The van der Waals surface area contributed by atoms with Crippen LogP contribution in [0.5, 0.6) is 5.75 Å². The molecule has 2 aromatic carbocycles. The van der Waals surface area contributed by atoms with E-state index in [1.54, 1.807) is 12.1 Å². The van der Waals surface area contributed by atoms with Crippen LogP contribution in [0.15, 0.2) is 36.4 Å². The Hall–Kier alpha value is -1.87. The molecule has 1 aliphatic rings. The monoisotopic (exact) mass is 271 g/mol. The standard InChI is InChI=1S/C17H18FNO/c1-11-7-12-9-13(10-19-2)20-17(12)15(8-11)14-5-3-4-6-16(14)18/h3-8,13,19H,9-10H2,1-2H3/t13-/m0/s1. The van der Waals surface area contributed by atoms with Crippen molar-refractivity contribution >= 4 is 0 Å². The third-order valence-electron chi connectivity index (χ3n) is 3.64. The van der Waals surface area contributed by atoms with Crippen molar-refractivity contribution < 1.29 is 9.13 Å². The summed E-state index contributed by atoms with van der Waals surface area (Å²) < 4.78 is 20.1. The number of rotatable bonds is 3. The van der Waals surface area contributed by atoms with Crippen molar-refractivity contribution in [3.8, 4) is 16.9 Å². The second kappa shape index (κ2) is 5.25. The van der Waals surface area contributed by atoms with Crippen LogP contribution in [0.25, 0.3) is 11.1 Å². The van der Waals surface area contributed by atoms with Crippen LogP contribution in [-0.4, -0.2) is 19.7 Å². The largest absolute Gasteiger partial charge is 0.488 e. The number of likely N-dealkylation sites (N-methyl/N-ethyl adjacent to an activating group) is 1. The summed E-state index contributed by atoms with van der Waals surface area (Å²) >= 11 is 0. The SMILES string of the molecule is CNC[C@@H]1Cc2cc(C)cc(-c3ccccc3F)c2O1. The average Bonchev–Trinajstić information content (AvgIpc) is 2.81. The summed E-state index contributed by atoms with van der Waals surface area (Å²) in [5, 5.41) is 3.13. The zero-order valence-corrected chi connectivity index (χ0v) is 11.7. The molecule has 0 bridgehead atoms. The van der Waals surface area contributed by atoms with Gasteiger partial charge in [0.05, 0.1) is 0 Å². The lowest BCUT2D eigenvalue weighted by molar-refractivity contribution is 0.232. The zero-order valence-electron chi connectivity index (χ0n) is 11.7. The van der Waals surface area contributed by atoms with E-state index in [0.717, 1.165) is 29.8 Å². The minimum Gasteiger partial charge on any atom is -0.488 e. The summed E-state index contributed by atoms with van der Waals surface area (Å²) in [5.74, 6) is 0.627. The number of hydrogen-bond acceptors (Lipinski definition) is 2. The molecule has 0 spiro atoms. The highest BCUT2D eigenvalue weighted by atomic mass is 19.1. The Bertz CT molecular complexity index is 639. The molecule has 1 aliphatic heterocycles. The van der Waals surface area contributed by atoms with Crippen LogP contribution in [0, 0.1) is 12.7 Å². The molecule has 1 atom stereocenters. The van der Waals surface area contributed by atoms with E-state index in [4.69, 9.17) is 4.74 Å². The maximum atomic E-state index is 14.1. The number of aryl methyl sites for hydroxylation is 1. The van der Waals surface area contributed by atoms with Crippen LogP contribution >= 0.6 is 0 Å². The summed E-state index contributed by atoms with van der Waals surface area (Å²) in [6.07, 6.45) is 1.00. The first-order valence-corrected chi connectivity index (χ1v) is 6.88. The van der Waals surface area contributed by atoms with Gasteiger partial charge in [0.25, 0.3) is 0 Å². The first-order valence-electron chi connectivity index (χ1n) is 6.88. The Morgan fingerprint density at radius 3 is 2.80 bits per heavy atom. The molecule has 0 unspecified atom stereocenters. The van der Waals surface area contributed by atoms with Crippen LogP contribution < -0.4 is 10.1 Å². The molecule has 0 aliphatic carbocycles. The van der Waals surface area contributed by atoms with Crippen molar-refractivity contribution in [2.45, 2.75) is 19.4 Å². The predicted octanol–water partition coefficient (Wildman–Crippen LogP) is 3.32. The van der Waals surface area contributed by atoms with Gasteiger partial charge in [-0.3, -0.25) is 0 Å². The summed E-state index contributed by atoms with van der Waals surface area (Å²) in [4.78, 5) is 0. The number of benzene rings is 2. The van der Waals surface area contributed by atoms with Crippen LogP contribution in [0.4, 0.5) is 4.39 Å². The fourth-order valence-corrected chi connectivity index (χ4v) is 2.81. The van der Waals surface area contributed by atoms with E-state index in [9.17, 15) is 4.39 Å². The molecule has 0 aromatic heterocycles. The Labute approximate surface area is 118 Å². The molecule has 0 radical (unpaired) electrons. The Morgan fingerprint density at radius 1 is 1.25 bits per heavy atom. The van der Waals surface area contributed by atoms with Crippen molar-refractivity contribution in [2.24, 2.45) is 0 Å². The number of nitrogens with one attached hydrogen (secondary N) is 1. The van der Waals surface area contributed by atoms with Crippen molar-refractivity contribution in [1.82, 2.24) is 5.32 Å². The van der Waals surface area contributed by atoms with Crippen molar-refractivity contribution in [3.63, 3.8) is 0 Å². The summed E-state index contributed by atoms with van der Waals surface area (Å²) in [6.45, 7) is 2.83. The van der Waals surface area contributed by atoms with Crippen LogP contribution in [0.1, 0.15) is 11.1 Å². The lowest BCUT2D eigenvalue weighted by atomic mass is 9.97. The molecule has 3 heteroatoms. The fourth-order valence-electron chi connectivity index (χ4n) is 2.81. The third-order valence-corrected chi connectivity index (χ3v) is 3.64. The topological polar surface area (TPSA) is 21.3 Å². The van der Waals surface area contributed by atoms with Gasteiger partial charge in [-0.05, 0) is 37.2 Å². The average molecular weight is 271 g/mol. The van der Waals surface area contributed by atoms with Gasteiger partial charge in [-0.15, -0.1) is 0 Å². The van der Waals surface area contributed by atoms with Crippen LogP contribution in [0.3, 0.4) is 0 Å². The molecular formula is C17H18FNO. The van der Waals surface area contributed by atoms with Gasteiger partial charge in [0.2, 0.25) is 0 Å². The molecule has 1 heterocycles. The molecule has 2 aromatic rings. The molecule has 2 nitrogen and oxygen atoms in total. The van der Waals surface area contributed by atoms with Crippen LogP contribution in [0.2, 0.25) is 0 Å². The second-order valence-corrected chi connectivity index (χ2v) is 5.28. The van der Waals surface area contributed by atoms with Crippen molar-refractivity contribution in [3.05, 3.63) is 53.3 Å². The number of hydrogen-bond donors (Lipinski definition) is 1. The maximum Gasteiger partial charge on any atom is 0.131 e. The quantitative estimate of drug-likeness (QED) is 0.924. The van der Waals surface area contributed by atoms with Gasteiger partial charge < -0.3 is 10.1 Å². The minimum absolute atomic E-state index is 0.127. The summed E-state index contributed by atoms with van der Waals surface area (Å²) in [6, 6.07) is 11.0. The third kappa shape index (κ3) is 2.29. The Morgan fingerprint density at radius 2 is 2.05 bits per heavy atom. The summed E-state index contributed by atoms with van der Waals surface area (Å²) in [7, 11) is 1.91. The Kier molecular flexibility index (Phi) is 3.45. The van der Waals surface area contributed by atoms with Gasteiger partial charge in [0, 0.05) is 24.1 Å². The van der Waals surface area contributed by atoms with Crippen molar-refractivity contribution in [1.29, 1.82) is 0 Å². The van der Waals surface area contributed by atoms with E-state index < -0.39 is 0 Å². The highest BCUT2D eigenvalue weighted by molar-refractivity contribution is 5.74. The smallest absolute Gasteiger partial charge is 0.131 e. The number of fused-ring (bicyclic) bond motifs is 1. The van der Waals surface area contributed by atoms with E-state index in [2.05, 4.69) is 11.4 Å². The van der Waals surface area contributed by atoms with Gasteiger partial charge in [-0.1, -0.05) is 24.3 Å². The van der Waals surface area contributed by atoms with E-state index in [1.165, 1.54) is 11.6 Å². The molecule has 1 N–H and O–H groups in total. The lowest BCUT2D eigenvalue weighted by Crippen LogP contribution is -2.27. The maximum absolute atomic E-state index is 14.1. The van der Waals surface area contributed by atoms with Gasteiger partial charge in [-0.25, -0.2) is 4.39 Å². The van der Waals surface area contributed by atoms with Crippen molar-refractivity contribution in [2.75, 3.05) is 13.6 Å². The molecule has 104 valence electrons. The Balaban J connectivity index is 2.08. The first-order chi connectivity index (χ1) is 9.69. The molecule has 0 amide bonds. The molecule has 0 saturated carbocycles. The van der Waals surface area contributed by atoms with E-state index in [-0.39, 0.29) is 11.9 Å². The van der Waals surface area contributed by atoms with E-state index in [0.29, 0.717) is 5.56 Å². The van der Waals surface area contributed by atoms with Gasteiger partial charge >= 0.3 is 0 Å². The zero-order chi connectivity index (χ0) is 14.1. The fraction of sp³-hybridized carbons (Fsp3) is 0.294. The minimum atomic E-state index is -0.207. The normalized spacial score (nSPS) is 16.9. The predicted molar refractivity (Wildman–Crippen MR) is 78.6 cm³/mol. The van der Waals surface area contributed by atoms with Gasteiger partial charge in [-0.2, -0.15) is 0 Å². The molecule has 0 fully saturated rings. The highest BCUT2D eigenvalue weighted by Gasteiger charge is 2.26.